The van der Waals surface area contributed by atoms with Crippen LogP contribution >= 0.6 is 11.6 Å². The van der Waals surface area contributed by atoms with Crippen LogP contribution in [0.15, 0.2) is 41.0 Å². The number of furan rings is 1. The van der Waals surface area contributed by atoms with Crippen LogP contribution in [0.1, 0.15) is 23.0 Å². The molecule has 0 fully saturated rings. The first-order valence-electron chi connectivity index (χ1n) is 7.99. The molecule has 1 aromatic carbocycles. The van der Waals surface area contributed by atoms with E-state index in [0.717, 1.165) is 6.07 Å². The lowest BCUT2D eigenvalue weighted by molar-refractivity contribution is -0.384. The van der Waals surface area contributed by atoms with Gasteiger partial charge in [-0.2, -0.15) is 0 Å². The minimum Gasteiger partial charge on any atom is -0.467 e. The van der Waals surface area contributed by atoms with Gasteiger partial charge in [-0.1, -0.05) is 11.6 Å². The van der Waals surface area contributed by atoms with E-state index in [9.17, 15) is 24.5 Å². The maximum absolute atomic E-state index is 12.0. The number of ether oxygens (including phenoxy) is 1. The van der Waals surface area contributed by atoms with Gasteiger partial charge in [0.25, 0.3) is 17.5 Å². The molecule has 0 spiro atoms. The highest BCUT2D eigenvalue weighted by Gasteiger charge is 2.20. The molecule has 0 aliphatic heterocycles. The Morgan fingerprint density at radius 1 is 1.29 bits per heavy atom. The first-order chi connectivity index (χ1) is 13.3. The van der Waals surface area contributed by atoms with Gasteiger partial charge in [0.05, 0.1) is 17.7 Å². The Morgan fingerprint density at radius 2 is 2.04 bits per heavy atom. The van der Waals surface area contributed by atoms with Crippen LogP contribution in [0.2, 0.25) is 5.02 Å². The second kappa shape index (κ2) is 9.51. The quantitative estimate of drug-likeness (QED) is 0.384. The normalized spacial score (nSPS) is 11.4. The maximum Gasteiger partial charge on any atom is 0.326 e. The Morgan fingerprint density at radius 3 is 2.68 bits per heavy atom. The van der Waals surface area contributed by atoms with Crippen molar-refractivity contribution in [2.75, 3.05) is 6.54 Å². The van der Waals surface area contributed by atoms with Crippen LogP contribution in [0.3, 0.4) is 0 Å². The second-order valence-corrected chi connectivity index (χ2v) is 5.94. The molecule has 1 heterocycles. The highest BCUT2D eigenvalue weighted by Crippen LogP contribution is 2.24. The number of nitrogens with zero attached hydrogens (tertiary/aromatic N) is 1. The number of rotatable bonds is 8. The molecule has 28 heavy (non-hydrogen) atoms. The monoisotopic (exact) mass is 409 g/mol. The Kier molecular flexibility index (Phi) is 7.10. The van der Waals surface area contributed by atoms with E-state index in [0.29, 0.717) is 5.76 Å². The van der Waals surface area contributed by atoms with Gasteiger partial charge in [0.1, 0.15) is 17.3 Å². The van der Waals surface area contributed by atoms with E-state index in [1.54, 1.807) is 12.1 Å². The molecule has 0 aliphatic carbocycles. The predicted molar refractivity (Wildman–Crippen MR) is 96.5 cm³/mol. The lowest BCUT2D eigenvalue weighted by Crippen LogP contribution is -2.38. The fourth-order valence-corrected chi connectivity index (χ4v) is 2.26. The Labute approximate surface area is 163 Å². The largest absolute Gasteiger partial charge is 0.467 e. The number of amides is 2. The van der Waals surface area contributed by atoms with Gasteiger partial charge in [-0.15, -0.1) is 0 Å². The third-order valence-corrected chi connectivity index (χ3v) is 3.81. The Balaban J connectivity index is 1.81. The highest BCUT2D eigenvalue weighted by atomic mass is 35.5. The predicted octanol–water partition coefficient (Wildman–Crippen LogP) is 1.82. The lowest BCUT2D eigenvalue weighted by Gasteiger charge is -2.13. The summed E-state index contributed by atoms with van der Waals surface area (Å²) in [5.41, 5.74) is -0.480. The van der Waals surface area contributed by atoms with Gasteiger partial charge in [-0.25, -0.2) is 0 Å². The number of esters is 1. The average molecular weight is 410 g/mol. The van der Waals surface area contributed by atoms with E-state index in [2.05, 4.69) is 10.6 Å². The van der Waals surface area contributed by atoms with Crippen LogP contribution in [0.4, 0.5) is 5.69 Å². The summed E-state index contributed by atoms with van der Waals surface area (Å²) in [5.74, 6) is -1.58. The van der Waals surface area contributed by atoms with Crippen molar-refractivity contribution in [3.8, 4) is 0 Å². The van der Waals surface area contributed by atoms with Crippen LogP contribution in [-0.2, 0) is 20.9 Å². The van der Waals surface area contributed by atoms with Crippen LogP contribution in [0.5, 0.6) is 0 Å². The molecule has 10 nitrogen and oxygen atoms in total. The average Bonchev–Trinajstić information content (AvgIpc) is 3.17. The van der Waals surface area contributed by atoms with Gasteiger partial charge in [0.2, 0.25) is 0 Å². The number of hydrogen-bond acceptors (Lipinski definition) is 7. The summed E-state index contributed by atoms with van der Waals surface area (Å²) in [6.07, 6.45) is 0.374. The summed E-state index contributed by atoms with van der Waals surface area (Å²) in [6.45, 7) is 0.991. The van der Waals surface area contributed by atoms with Gasteiger partial charge in [0.15, 0.2) is 6.10 Å². The minimum atomic E-state index is -1.09. The van der Waals surface area contributed by atoms with Crippen molar-refractivity contribution in [2.24, 2.45) is 0 Å². The van der Waals surface area contributed by atoms with Crippen LogP contribution in [0.25, 0.3) is 0 Å². The molecule has 2 aromatic rings. The highest BCUT2D eigenvalue weighted by molar-refractivity contribution is 6.32. The van der Waals surface area contributed by atoms with Gasteiger partial charge >= 0.3 is 5.97 Å². The van der Waals surface area contributed by atoms with E-state index in [-0.39, 0.29) is 17.1 Å². The van der Waals surface area contributed by atoms with Gasteiger partial charge in [0, 0.05) is 11.6 Å². The Hall–Kier alpha value is -3.40. The van der Waals surface area contributed by atoms with Gasteiger partial charge in [-0.3, -0.25) is 24.5 Å². The molecule has 2 rings (SSSR count). The molecule has 11 heteroatoms. The molecule has 2 N–H and O–H groups in total. The standard InChI is InChI=1S/C17H16ClN3O7/c1-10(16(23)19-8-12-3-2-6-27-12)28-15(22)9-20-17(24)11-4-5-13(18)14(7-11)21(25)26/h2-7,10H,8-9H2,1H3,(H,19,23)(H,20,24)/t10-/m0/s1. The van der Waals surface area contributed by atoms with Crippen molar-refractivity contribution in [1.82, 2.24) is 10.6 Å². The minimum absolute atomic E-state index is 0.0480. The van der Waals surface area contributed by atoms with E-state index in [1.165, 1.54) is 25.3 Å². The zero-order chi connectivity index (χ0) is 20.7. The molecule has 1 atom stereocenters. The SMILES string of the molecule is C[C@H](OC(=O)CNC(=O)c1ccc(Cl)c([N+](=O)[O-])c1)C(=O)NCc1ccco1. The molecule has 0 radical (unpaired) electrons. The smallest absolute Gasteiger partial charge is 0.326 e. The Bertz CT molecular complexity index is 883. The third kappa shape index (κ3) is 5.81. The van der Waals surface area contributed by atoms with Crippen LogP contribution in [-0.4, -0.2) is 35.4 Å². The van der Waals surface area contributed by atoms with Crippen molar-refractivity contribution in [1.29, 1.82) is 0 Å². The molecule has 0 unspecified atom stereocenters. The van der Waals surface area contributed by atoms with E-state index in [4.69, 9.17) is 20.8 Å². The van der Waals surface area contributed by atoms with Crippen molar-refractivity contribution >= 4 is 35.1 Å². The van der Waals surface area contributed by atoms with E-state index < -0.39 is 41.0 Å². The number of hydrogen-bond donors (Lipinski definition) is 2. The van der Waals surface area contributed by atoms with Crippen LogP contribution < -0.4 is 10.6 Å². The first kappa shape index (κ1) is 20.9. The fourth-order valence-electron chi connectivity index (χ4n) is 2.07. The van der Waals surface area contributed by atoms with Gasteiger partial charge < -0.3 is 19.8 Å². The van der Waals surface area contributed by atoms with Crippen molar-refractivity contribution in [3.63, 3.8) is 0 Å². The number of nitro groups is 1. The third-order valence-electron chi connectivity index (χ3n) is 3.49. The summed E-state index contributed by atoms with van der Waals surface area (Å²) in [4.78, 5) is 45.8. The fraction of sp³-hybridized carbons (Fsp3) is 0.235. The number of nitrogens with one attached hydrogen (secondary N) is 2. The summed E-state index contributed by atoms with van der Waals surface area (Å²) >= 11 is 5.68. The molecular formula is C17H16ClN3O7. The van der Waals surface area contributed by atoms with E-state index in [1.807, 2.05) is 0 Å². The molecule has 1 aromatic heterocycles. The number of carbonyl (C=O) groups excluding carboxylic acids is 3. The number of benzene rings is 1. The van der Waals surface area contributed by atoms with Crippen molar-refractivity contribution in [2.45, 2.75) is 19.6 Å². The zero-order valence-electron chi connectivity index (χ0n) is 14.6. The lowest BCUT2D eigenvalue weighted by atomic mass is 10.2. The molecule has 2 amide bonds. The van der Waals surface area contributed by atoms with Crippen molar-refractivity contribution < 1.29 is 28.5 Å². The number of nitro benzene ring substituents is 1. The topological polar surface area (TPSA) is 141 Å². The second-order valence-electron chi connectivity index (χ2n) is 5.54. The molecule has 0 saturated heterocycles. The molecule has 148 valence electrons. The van der Waals surface area contributed by atoms with Gasteiger partial charge in [-0.05, 0) is 31.2 Å². The number of carbonyl (C=O) groups is 3. The summed E-state index contributed by atoms with van der Waals surface area (Å²) in [6, 6.07) is 6.82. The molecule has 0 aliphatic rings. The summed E-state index contributed by atoms with van der Waals surface area (Å²) in [7, 11) is 0. The number of halogens is 1. The summed E-state index contributed by atoms with van der Waals surface area (Å²) in [5, 5.41) is 15.5. The maximum atomic E-state index is 12.0. The van der Waals surface area contributed by atoms with Crippen LogP contribution in [0, 0.1) is 10.1 Å². The zero-order valence-corrected chi connectivity index (χ0v) is 15.4. The summed E-state index contributed by atoms with van der Waals surface area (Å²) < 4.78 is 9.99. The van der Waals surface area contributed by atoms with E-state index >= 15 is 0 Å². The van der Waals surface area contributed by atoms with Crippen molar-refractivity contribution in [3.05, 3.63) is 63.1 Å². The molecule has 0 bridgehead atoms. The first-order valence-corrected chi connectivity index (χ1v) is 8.37. The molecular weight excluding hydrogens is 394 g/mol. The molecule has 0 saturated carbocycles.